The number of para-hydroxylation sites is 2. The SMILES string of the molecule is O=P1(c2ccccc2)c2ccccc2C2(c3ccccc3Sc3cc(-n4c5ccccc5c5ccncc54)ccc32)c2cc3c(cc21)oc1ccccc13. The lowest BCUT2D eigenvalue weighted by molar-refractivity contribution is 0.589. The van der Waals surface area contributed by atoms with E-state index in [1.807, 2.05) is 72.7 Å². The van der Waals surface area contributed by atoms with Crippen LogP contribution in [0.3, 0.4) is 0 Å². The summed E-state index contributed by atoms with van der Waals surface area (Å²) in [5.41, 5.74) is 8.55. The van der Waals surface area contributed by atoms with Gasteiger partial charge in [-0.25, -0.2) is 0 Å². The van der Waals surface area contributed by atoms with E-state index < -0.39 is 12.6 Å². The van der Waals surface area contributed by atoms with Gasteiger partial charge in [-0.3, -0.25) is 4.98 Å². The molecule has 2 aliphatic rings. The first-order valence-electron chi connectivity index (χ1n) is 18.1. The number of benzene rings is 7. The Hall–Kier alpha value is -6.13. The smallest absolute Gasteiger partial charge is 0.171 e. The monoisotopic (exact) mass is 728 g/mol. The zero-order valence-electron chi connectivity index (χ0n) is 28.8. The summed E-state index contributed by atoms with van der Waals surface area (Å²) in [5, 5.41) is 6.95. The average molecular weight is 729 g/mol. The number of nitrogens with zero attached hydrogens (tertiary/aromatic N) is 2. The van der Waals surface area contributed by atoms with Crippen molar-refractivity contribution in [1.29, 1.82) is 0 Å². The number of aromatic nitrogens is 2. The molecule has 254 valence electrons. The molecule has 3 aromatic heterocycles. The molecule has 0 fully saturated rings. The summed E-state index contributed by atoms with van der Waals surface area (Å²) >= 11 is 1.81. The maximum atomic E-state index is 16.4. The van der Waals surface area contributed by atoms with E-state index in [-0.39, 0.29) is 0 Å². The first kappa shape index (κ1) is 30.3. The van der Waals surface area contributed by atoms with Crippen molar-refractivity contribution in [2.75, 3.05) is 0 Å². The fourth-order valence-electron chi connectivity index (χ4n) is 9.43. The van der Waals surface area contributed by atoms with Gasteiger partial charge in [0.25, 0.3) is 0 Å². The molecule has 0 saturated heterocycles. The van der Waals surface area contributed by atoms with E-state index in [1.165, 1.54) is 26.8 Å². The molecule has 0 amide bonds. The van der Waals surface area contributed by atoms with Crippen molar-refractivity contribution in [3.8, 4) is 5.69 Å². The molecular formula is C48H29N2O2PS. The van der Waals surface area contributed by atoms with Crippen LogP contribution < -0.4 is 15.9 Å². The van der Waals surface area contributed by atoms with Crippen molar-refractivity contribution in [1.82, 2.24) is 9.55 Å². The van der Waals surface area contributed by atoms with Crippen LogP contribution >= 0.6 is 18.9 Å². The summed E-state index contributed by atoms with van der Waals surface area (Å²) in [6.07, 6.45) is 3.84. The van der Waals surface area contributed by atoms with Crippen molar-refractivity contribution < 1.29 is 8.98 Å². The summed E-state index contributed by atoms with van der Waals surface area (Å²) in [6, 6.07) is 57.5. The topological polar surface area (TPSA) is 48.0 Å². The molecule has 7 aromatic carbocycles. The summed E-state index contributed by atoms with van der Waals surface area (Å²) in [7, 11) is -3.39. The lowest BCUT2D eigenvalue weighted by Gasteiger charge is -2.47. The summed E-state index contributed by atoms with van der Waals surface area (Å²) in [6.45, 7) is 0. The van der Waals surface area contributed by atoms with Crippen LogP contribution in [0.25, 0.3) is 49.4 Å². The molecule has 0 N–H and O–H groups in total. The van der Waals surface area contributed by atoms with Crippen LogP contribution in [0.15, 0.2) is 190 Å². The maximum Gasteiger partial charge on any atom is 0.171 e. The largest absolute Gasteiger partial charge is 0.456 e. The Kier molecular flexibility index (Phi) is 6.16. The first-order valence-corrected chi connectivity index (χ1v) is 20.7. The summed E-state index contributed by atoms with van der Waals surface area (Å²) < 4.78 is 25.3. The predicted molar refractivity (Wildman–Crippen MR) is 221 cm³/mol. The van der Waals surface area contributed by atoms with Gasteiger partial charge >= 0.3 is 0 Å². The highest BCUT2D eigenvalue weighted by molar-refractivity contribution is 7.99. The molecule has 5 heterocycles. The molecule has 6 heteroatoms. The van der Waals surface area contributed by atoms with Gasteiger partial charge in [-0.2, -0.15) is 0 Å². The van der Waals surface area contributed by atoms with E-state index in [0.29, 0.717) is 0 Å². The highest BCUT2D eigenvalue weighted by Crippen LogP contribution is 2.62. The van der Waals surface area contributed by atoms with Gasteiger partial charge in [0.2, 0.25) is 0 Å². The third-order valence-electron chi connectivity index (χ3n) is 11.6. The highest BCUT2D eigenvalue weighted by Gasteiger charge is 2.54. The molecule has 2 aliphatic heterocycles. The van der Waals surface area contributed by atoms with Gasteiger partial charge in [0.15, 0.2) is 7.14 Å². The quantitative estimate of drug-likeness (QED) is 0.166. The Balaban J connectivity index is 1.24. The highest BCUT2D eigenvalue weighted by atomic mass is 32.2. The normalized spacial score (nSPS) is 18.5. The molecule has 0 radical (unpaired) electrons. The van der Waals surface area contributed by atoms with Gasteiger partial charge in [0.1, 0.15) is 11.2 Å². The van der Waals surface area contributed by atoms with Crippen molar-refractivity contribution in [2.45, 2.75) is 15.2 Å². The fraction of sp³-hybridized carbons (Fsp3) is 0.0208. The Morgan fingerprint density at radius 2 is 1.26 bits per heavy atom. The zero-order chi connectivity index (χ0) is 35.6. The van der Waals surface area contributed by atoms with Crippen molar-refractivity contribution in [2.24, 2.45) is 0 Å². The zero-order valence-corrected chi connectivity index (χ0v) is 30.5. The van der Waals surface area contributed by atoms with Crippen molar-refractivity contribution in [3.05, 3.63) is 198 Å². The molecule has 0 aliphatic carbocycles. The lowest BCUT2D eigenvalue weighted by Crippen LogP contribution is -2.48. The van der Waals surface area contributed by atoms with Crippen molar-refractivity contribution in [3.63, 3.8) is 0 Å². The van der Waals surface area contributed by atoms with Crippen LogP contribution in [0, 0.1) is 0 Å². The number of pyridine rings is 1. The maximum absolute atomic E-state index is 16.4. The Morgan fingerprint density at radius 3 is 2.17 bits per heavy atom. The Bertz CT molecular complexity index is 3200. The van der Waals surface area contributed by atoms with Gasteiger partial charge in [0.05, 0.1) is 22.6 Å². The van der Waals surface area contributed by atoms with E-state index in [9.17, 15) is 0 Å². The first-order chi connectivity index (χ1) is 26.7. The molecule has 0 saturated carbocycles. The number of hydrogen-bond acceptors (Lipinski definition) is 4. The predicted octanol–water partition coefficient (Wildman–Crippen LogP) is 10.9. The second kappa shape index (κ2) is 11.0. The summed E-state index contributed by atoms with van der Waals surface area (Å²) in [5.74, 6) is 0. The van der Waals surface area contributed by atoms with E-state index in [0.717, 1.165) is 70.6 Å². The number of rotatable bonds is 2. The number of fused-ring (bicyclic) bond motifs is 14. The molecule has 54 heavy (non-hydrogen) atoms. The van der Waals surface area contributed by atoms with Gasteiger partial charge < -0.3 is 13.5 Å². The molecule has 4 nitrogen and oxygen atoms in total. The number of hydrogen-bond donors (Lipinski definition) is 0. The van der Waals surface area contributed by atoms with E-state index >= 15 is 4.57 Å². The second-order valence-corrected chi connectivity index (χ2v) is 18.0. The third-order valence-corrected chi connectivity index (χ3v) is 15.9. The van der Waals surface area contributed by atoms with E-state index in [2.05, 4.69) is 125 Å². The molecule has 2 unspecified atom stereocenters. The van der Waals surface area contributed by atoms with Crippen LogP contribution in [-0.2, 0) is 9.98 Å². The van der Waals surface area contributed by atoms with Crippen LogP contribution in [0.2, 0.25) is 0 Å². The molecule has 0 bridgehead atoms. The lowest BCUT2D eigenvalue weighted by atomic mass is 9.64. The minimum Gasteiger partial charge on any atom is -0.456 e. The molecule has 12 rings (SSSR count). The Labute approximate surface area is 315 Å². The van der Waals surface area contributed by atoms with E-state index in [4.69, 9.17) is 4.42 Å². The van der Waals surface area contributed by atoms with Gasteiger partial charge in [-0.1, -0.05) is 127 Å². The van der Waals surface area contributed by atoms with Crippen LogP contribution in [-0.4, -0.2) is 9.55 Å². The standard InChI is InChI=1S/C48H29N2O2PS/c51-53(31-12-2-1-3-13-31)44-20-10-6-16-36(44)48(39-27-35-34-15-5-9-19-42(34)52-43(35)28-45(39)53)37-17-7-11-21-46(37)54-47-26-30(22-23-38(47)48)50-40-18-8-4-14-32(40)33-24-25-49-29-41(33)50/h1-29H. The third kappa shape index (κ3) is 3.80. The molecule has 1 spiro atoms. The van der Waals surface area contributed by atoms with Crippen LogP contribution in [0.4, 0.5) is 0 Å². The summed E-state index contributed by atoms with van der Waals surface area (Å²) in [4.78, 5) is 6.89. The van der Waals surface area contributed by atoms with E-state index in [1.54, 1.807) is 0 Å². The minimum atomic E-state index is -3.39. The van der Waals surface area contributed by atoms with Gasteiger partial charge in [0, 0.05) is 59.1 Å². The molecule has 2 atom stereocenters. The van der Waals surface area contributed by atoms with Crippen LogP contribution in [0.5, 0.6) is 0 Å². The van der Waals surface area contributed by atoms with Crippen LogP contribution in [0.1, 0.15) is 22.3 Å². The Morgan fingerprint density at radius 1 is 0.537 bits per heavy atom. The van der Waals surface area contributed by atoms with Gasteiger partial charge in [-0.05, 0) is 70.8 Å². The minimum absolute atomic E-state index is 0.745. The fourth-order valence-corrected chi connectivity index (χ4v) is 13.8. The molecule has 10 aromatic rings. The average Bonchev–Trinajstić information content (AvgIpc) is 3.77. The molecular weight excluding hydrogens is 700 g/mol. The van der Waals surface area contributed by atoms with Gasteiger partial charge in [-0.15, -0.1) is 0 Å². The van der Waals surface area contributed by atoms with Crippen molar-refractivity contribution >= 4 is 78.6 Å². The number of furan rings is 1. The second-order valence-electron chi connectivity index (χ2n) is 14.2.